The Morgan fingerprint density at radius 1 is 0.926 bits per heavy atom. The molecule has 0 saturated heterocycles. The summed E-state index contributed by atoms with van der Waals surface area (Å²) in [7, 11) is 0. The standard InChI is InChI=1S/C38H36F8INO6/c1-47-26(18-22-10-13-29(33(40)32(22)39)54-16-5-2-9-30(50)51)34(52)31(35(53)36(47)14-3-4-15-36)28(49)20-48-27-12-11-24(38(44,45)46)19-25(27)21-7-6-8-23(17-21)37(41,42)43/h6-8,10-13,17,19,26,48,53H,2-5,9,14-16,18,20H2,1H3,(H,50,51). The van der Waals surface area contributed by atoms with Gasteiger partial charge in [0.05, 0.1) is 0 Å². The second kappa shape index (κ2) is 16.3. The van der Waals surface area contributed by atoms with Gasteiger partial charge in [0.2, 0.25) is 0 Å². The molecule has 0 amide bonds. The van der Waals surface area contributed by atoms with Crippen molar-refractivity contribution in [2.75, 3.05) is 23.4 Å². The Morgan fingerprint density at radius 2 is 1.59 bits per heavy atom. The Kier molecular flexibility index (Phi) is 12.3. The van der Waals surface area contributed by atoms with Crippen molar-refractivity contribution in [2.24, 2.45) is 0 Å². The Balaban J connectivity index is 1.42. The first-order valence-corrected chi connectivity index (χ1v) is 21.4. The molecule has 1 saturated carbocycles. The van der Waals surface area contributed by atoms with Crippen molar-refractivity contribution in [1.82, 2.24) is 0 Å². The van der Waals surface area contributed by atoms with Gasteiger partial charge in [-0.3, -0.25) is 4.79 Å². The number of ether oxygens (including phenoxy) is 1. The predicted octanol–water partition coefficient (Wildman–Crippen LogP) is 9.74. The number of carbonyl (C=O) groups is 3. The third kappa shape index (κ3) is 8.68. The zero-order chi connectivity index (χ0) is 39.6. The molecule has 0 aromatic heterocycles. The number of carboxylic acids is 1. The normalized spacial score (nSPS) is 18.0. The summed E-state index contributed by atoms with van der Waals surface area (Å²) in [5, 5.41) is 23.0. The first kappa shape index (κ1) is 41.0. The number of aliphatic hydroxyl groups is 1. The summed E-state index contributed by atoms with van der Waals surface area (Å²) in [5.41, 5.74) is -3.62. The number of rotatable bonds is 13. The van der Waals surface area contributed by atoms with Crippen molar-refractivity contribution in [1.29, 1.82) is 0 Å². The predicted molar refractivity (Wildman–Crippen MR) is 192 cm³/mol. The molecule has 1 heterocycles. The van der Waals surface area contributed by atoms with Crippen molar-refractivity contribution < 1.29 is 64.5 Å². The molecule has 1 aliphatic carbocycles. The SMILES string of the molecule is CI1C(Cc2ccc(OCCCCC(=O)O)c(F)c2F)C(=O)C(C(=O)CNc2ccc(C(F)(F)F)cc2-c2cccc(C(F)(F)F)c2)=C(O)C12CCCC2. The number of carbonyl (C=O) groups excluding carboxylic acids is 2. The summed E-state index contributed by atoms with van der Waals surface area (Å²) in [4.78, 5) is 40.5. The van der Waals surface area contributed by atoms with Crippen LogP contribution in [-0.4, -0.2) is 53.2 Å². The van der Waals surface area contributed by atoms with E-state index in [1.165, 1.54) is 18.2 Å². The molecule has 3 aromatic carbocycles. The van der Waals surface area contributed by atoms with E-state index in [9.17, 15) is 45.8 Å². The van der Waals surface area contributed by atoms with E-state index in [1.54, 1.807) is 0 Å². The molecule has 0 bridgehead atoms. The van der Waals surface area contributed by atoms with Crippen LogP contribution in [0.4, 0.5) is 40.8 Å². The van der Waals surface area contributed by atoms with Crippen molar-refractivity contribution in [3.05, 3.63) is 94.3 Å². The van der Waals surface area contributed by atoms with Crippen LogP contribution in [0.2, 0.25) is 0 Å². The number of halogens is 9. The molecule has 1 unspecified atom stereocenters. The number of hydrogen-bond acceptors (Lipinski definition) is 6. The molecule has 1 aliphatic heterocycles. The van der Waals surface area contributed by atoms with Gasteiger partial charge in [-0.2, -0.15) is 13.2 Å². The van der Waals surface area contributed by atoms with Crippen molar-refractivity contribution in [3.63, 3.8) is 0 Å². The fourth-order valence-electron chi connectivity index (χ4n) is 6.82. The van der Waals surface area contributed by atoms with Gasteiger partial charge in [0, 0.05) is 0 Å². The maximum atomic E-state index is 15.4. The van der Waals surface area contributed by atoms with Gasteiger partial charge >= 0.3 is 290 Å². The number of aliphatic hydroxyl groups excluding tert-OH is 1. The van der Waals surface area contributed by atoms with E-state index in [1.807, 2.05) is 4.93 Å². The molecule has 16 heteroatoms. The summed E-state index contributed by atoms with van der Waals surface area (Å²) >= 11 is -2.64. The van der Waals surface area contributed by atoms with Gasteiger partial charge in [0.1, 0.15) is 0 Å². The fraction of sp³-hybridized carbons (Fsp3) is 0.395. The molecule has 1 spiro atoms. The van der Waals surface area contributed by atoms with E-state index in [4.69, 9.17) is 9.84 Å². The van der Waals surface area contributed by atoms with E-state index < -0.39 is 97.7 Å². The van der Waals surface area contributed by atoms with Crippen LogP contribution in [0.25, 0.3) is 11.1 Å². The molecular weight excluding hydrogens is 845 g/mol. The molecule has 7 nitrogen and oxygen atoms in total. The number of ketones is 2. The number of allylic oxidation sites excluding steroid dienone is 1. The minimum absolute atomic E-state index is 0.0606. The summed E-state index contributed by atoms with van der Waals surface area (Å²) in [6, 6.07) is 8.40. The van der Waals surface area contributed by atoms with Crippen molar-refractivity contribution in [3.8, 4) is 16.9 Å². The third-order valence-electron chi connectivity index (χ3n) is 9.69. The summed E-state index contributed by atoms with van der Waals surface area (Å²) < 4.78 is 116. The van der Waals surface area contributed by atoms with E-state index in [-0.39, 0.29) is 60.4 Å². The van der Waals surface area contributed by atoms with Crippen molar-refractivity contribution >= 4 is 43.0 Å². The molecule has 1 fully saturated rings. The van der Waals surface area contributed by atoms with Gasteiger partial charge in [0.25, 0.3) is 0 Å². The van der Waals surface area contributed by atoms with E-state index in [2.05, 4.69) is 5.32 Å². The van der Waals surface area contributed by atoms with Gasteiger partial charge < -0.3 is 5.11 Å². The van der Waals surface area contributed by atoms with Crippen LogP contribution in [0.5, 0.6) is 5.75 Å². The number of aliphatic carboxylic acids is 1. The van der Waals surface area contributed by atoms with Crippen LogP contribution < -0.4 is 10.1 Å². The average Bonchev–Trinajstić information content (AvgIpc) is 3.61. The number of unbranched alkanes of at least 4 members (excludes halogenated alkanes) is 1. The van der Waals surface area contributed by atoms with Crippen LogP contribution in [0.1, 0.15) is 61.6 Å². The zero-order valence-corrected chi connectivity index (χ0v) is 30.9. The monoisotopic (exact) mass is 881 g/mol. The Bertz CT molecular complexity index is 1950. The molecule has 0 radical (unpaired) electrons. The molecular formula is C38H36F8INO6. The van der Waals surface area contributed by atoms with Gasteiger partial charge in [-0.05, 0) is 0 Å². The van der Waals surface area contributed by atoms with E-state index in [0.29, 0.717) is 43.9 Å². The number of benzene rings is 3. The Hall–Kier alpha value is -4.22. The van der Waals surface area contributed by atoms with Gasteiger partial charge in [-0.1, -0.05) is 0 Å². The van der Waals surface area contributed by atoms with Crippen LogP contribution in [0.15, 0.2) is 65.9 Å². The molecule has 54 heavy (non-hydrogen) atoms. The summed E-state index contributed by atoms with van der Waals surface area (Å²) in [6.07, 6.45) is -7.21. The molecule has 3 N–H and O–H groups in total. The van der Waals surface area contributed by atoms with E-state index in [0.717, 1.165) is 18.2 Å². The Labute approximate surface area is 312 Å². The summed E-state index contributed by atoms with van der Waals surface area (Å²) in [6.45, 7) is -0.792. The van der Waals surface area contributed by atoms with Crippen LogP contribution in [0, 0.1) is 11.6 Å². The number of carboxylic acid groups (broad SMARTS) is 1. The van der Waals surface area contributed by atoms with Gasteiger partial charge in [0.15, 0.2) is 0 Å². The quantitative estimate of drug-likeness (QED) is 0.0516. The number of anilines is 1. The third-order valence-corrected chi connectivity index (χ3v) is 17.8. The number of hydrogen-bond donors (Lipinski definition) is 3. The van der Waals surface area contributed by atoms with Gasteiger partial charge in [-0.25, -0.2) is 0 Å². The average molecular weight is 882 g/mol. The number of alkyl halides is 9. The minimum atomic E-state index is -4.85. The van der Waals surface area contributed by atoms with E-state index >= 15 is 8.78 Å². The second-order valence-corrected chi connectivity index (χ2v) is 19.6. The maximum absolute atomic E-state index is 15.4. The van der Waals surface area contributed by atoms with Crippen molar-refractivity contribution in [2.45, 2.75) is 71.1 Å². The zero-order valence-electron chi connectivity index (χ0n) is 28.8. The number of Topliss-reactive ketones (excluding diaryl/α,β-unsaturated/α-hetero) is 2. The van der Waals surface area contributed by atoms with Gasteiger partial charge in [-0.15, -0.1) is 0 Å². The molecule has 2 aliphatic rings. The summed E-state index contributed by atoms with van der Waals surface area (Å²) in [5.74, 6) is -6.03. The van der Waals surface area contributed by atoms with Crippen LogP contribution in [0.3, 0.4) is 0 Å². The second-order valence-electron chi connectivity index (χ2n) is 13.1. The van der Waals surface area contributed by atoms with Crippen LogP contribution >= 0.6 is 19.8 Å². The fourth-order valence-corrected chi connectivity index (χ4v) is 14.1. The molecule has 5 rings (SSSR count). The Morgan fingerprint density at radius 3 is 2.24 bits per heavy atom. The first-order valence-electron chi connectivity index (χ1n) is 16.9. The number of nitrogens with one attached hydrogen (secondary N) is 1. The first-order chi connectivity index (χ1) is 25.3. The molecule has 292 valence electrons. The molecule has 3 aromatic rings. The topological polar surface area (TPSA) is 113 Å². The molecule has 1 atom stereocenters. The van der Waals surface area contributed by atoms with Crippen LogP contribution in [-0.2, 0) is 33.2 Å².